The highest BCUT2D eigenvalue weighted by atomic mass is 17.1. The second kappa shape index (κ2) is 6.19. The highest BCUT2D eigenvalue weighted by Crippen LogP contribution is 2.07. The van der Waals surface area contributed by atoms with E-state index in [9.17, 15) is 9.59 Å². The summed E-state index contributed by atoms with van der Waals surface area (Å²) in [5.74, 6) is -2.23. The molecule has 0 saturated heterocycles. The number of carboxylic acids is 1. The van der Waals surface area contributed by atoms with Gasteiger partial charge in [-0.1, -0.05) is 13.3 Å². The van der Waals surface area contributed by atoms with E-state index in [1.165, 1.54) is 0 Å². The molecule has 5 heteroatoms. The summed E-state index contributed by atoms with van der Waals surface area (Å²) in [6.07, 6.45) is 2.58. The van der Waals surface area contributed by atoms with Crippen LogP contribution < -0.4 is 0 Å². The van der Waals surface area contributed by atoms with E-state index >= 15 is 0 Å². The molecule has 0 amide bonds. The molecular weight excluding hydrogens is 176 g/mol. The van der Waals surface area contributed by atoms with Gasteiger partial charge in [0.25, 0.3) is 0 Å². The number of carboxylic acid groups (broad SMARTS) is 1. The molecule has 0 aliphatic rings. The number of hydrogen-bond donors (Lipinski definition) is 2. The third-order valence-electron chi connectivity index (χ3n) is 1.46. The molecule has 0 aromatic carbocycles. The Morgan fingerprint density at radius 3 is 2.46 bits per heavy atom. The minimum Gasteiger partial charge on any atom is -0.478 e. The first kappa shape index (κ1) is 11.6. The zero-order chi connectivity index (χ0) is 10.3. The van der Waals surface area contributed by atoms with Crippen LogP contribution in [0.2, 0.25) is 0 Å². The molecule has 0 unspecified atom stereocenters. The van der Waals surface area contributed by atoms with Crippen LogP contribution in [-0.4, -0.2) is 22.3 Å². The van der Waals surface area contributed by atoms with Crippen molar-refractivity contribution in [3.8, 4) is 0 Å². The second-order valence-electron chi connectivity index (χ2n) is 2.49. The number of hydrogen-bond acceptors (Lipinski definition) is 4. The summed E-state index contributed by atoms with van der Waals surface area (Å²) in [7, 11) is 0. The molecule has 0 aliphatic heterocycles. The van der Waals surface area contributed by atoms with Crippen LogP contribution in [0.15, 0.2) is 11.6 Å². The summed E-state index contributed by atoms with van der Waals surface area (Å²) in [4.78, 5) is 24.3. The molecule has 0 fully saturated rings. The van der Waals surface area contributed by atoms with Crippen molar-refractivity contribution in [1.29, 1.82) is 0 Å². The molecule has 0 aromatic heterocycles. The lowest BCUT2D eigenvalue weighted by Gasteiger charge is -1.98. The molecule has 0 aliphatic carbocycles. The van der Waals surface area contributed by atoms with Crippen LogP contribution >= 0.6 is 0 Å². The van der Waals surface area contributed by atoms with Crippen LogP contribution in [-0.2, 0) is 14.5 Å². The zero-order valence-corrected chi connectivity index (χ0v) is 7.32. The van der Waals surface area contributed by atoms with Crippen LogP contribution in [0.5, 0.6) is 0 Å². The van der Waals surface area contributed by atoms with Crippen molar-refractivity contribution in [2.45, 2.75) is 26.2 Å². The number of rotatable bonds is 5. The van der Waals surface area contributed by atoms with Crippen LogP contribution in [0.1, 0.15) is 26.2 Å². The predicted molar refractivity (Wildman–Crippen MR) is 44.0 cm³/mol. The van der Waals surface area contributed by atoms with Gasteiger partial charge in [-0.25, -0.2) is 9.59 Å². The Morgan fingerprint density at radius 2 is 2.08 bits per heavy atom. The molecule has 0 radical (unpaired) electrons. The largest absolute Gasteiger partial charge is 0.478 e. The Hall–Kier alpha value is -1.36. The van der Waals surface area contributed by atoms with Crippen molar-refractivity contribution in [2.24, 2.45) is 0 Å². The SMILES string of the molecule is CCCC/C(=C/C(=O)OO)C(=O)O. The summed E-state index contributed by atoms with van der Waals surface area (Å²) < 4.78 is 0. The fraction of sp³-hybridized carbons (Fsp3) is 0.500. The van der Waals surface area contributed by atoms with Gasteiger partial charge in [0.15, 0.2) is 0 Å². The van der Waals surface area contributed by atoms with E-state index in [0.29, 0.717) is 12.8 Å². The standard InChI is InChI=1S/C8H12O5/c1-2-3-4-6(8(10)11)5-7(9)13-12/h5,12H,2-4H2,1H3,(H,10,11)/b6-5-. The fourth-order valence-corrected chi connectivity index (χ4v) is 0.777. The van der Waals surface area contributed by atoms with Crippen molar-refractivity contribution < 1.29 is 24.8 Å². The van der Waals surface area contributed by atoms with Crippen LogP contribution in [0.25, 0.3) is 0 Å². The summed E-state index contributed by atoms with van der Waals surface area (Å²) in [5, 5.41) is 16.5. The number of aliphatic carboxylic acids is 1. The van der Waals surface area contributed by atoms with Crippen molar-refractivity contribution in [1.82, 2.24) is 0 Å². The highest BCUT2D eigenvalue weighted by molar-refractivity contribution is 5.95. The van der Waals surface area contributed by atoms with E-state index < -0.39 is 11.9 Å². The number of carbonyl (C=O) groups excluding carboxylic acids is 1. The maximum Gasteiger partial charge on any atom is 0.366 e. The van der Waals surface area contributed by atoms with Crippen molar-refractivity contribution in [3.05, 3.63) is 11.6 Å². The molecule has 74 valence electrons. The zero-order valence-electron chi connectivity index (χ0n) is 7.32. The maximum absolute atomic E-state index is 10.5. The molecule has 0 heterocycles. The molecule has 13 heavy (non-hydrogen) atoms. The lowest BCUT2D eigenvalue weighted by molar-refractivity contribution is -0.228. The third-order valence-corrected chi connectivity index (χ3v) is 1.46. The molecular formula is C8H12O5. The summed E-state index contributed by atoms with van der Waals surface area (Å²) in [6.45, 7) is 1.91. The lowest BCUT2D eigenvalue weighted by atomic mass is 10.1. The van der Waals surface area contributed by atoms with Crippen LogP contribution in [0.4, 0.5) is 0 Å². The van der Waals surface area contributed by atoms with Crippen LogP contribution in [0.3, 0.4) is 0 Å². The van der Waals surface area contributed by atoms with Gasteiger partial charge in [0.1, 0.15) is 0 Å². The van der Waals surface area contributed by atoms with Crippen molar-refractivity contribution in [3.63, 3.8) is 0 Å². The maximum atomic E-state index is 10.5. The van der Waals surface area contributed by atoms with E-state index in [1.807, 2.05) is 6.92 Å². The van der Waals surface area contributed by atoms with E-state index in [1.54, 1.807) is 0 Å². The first-order valence-corrected chi connectivity index (χ1v) is 3.91. The highest BCUT2D eigenvalue weighted by Gasteiger charge is 2.09. The lowest BCUT2D eigenvalue weighted by Crippen LogP contribution is -2.05. The van der Waals surface area contributed by atoms with Gasteiger partial charge >= 0.3 is 11.9 Å². The first-order valence-electron chi connectivity index (χ1n) is 3.91. The van der Waals surface area contributed by atoms with Gasteiger partial charge in [0.2, 0.25) is 0 Å². The molecule has 0 saturated carbocycles. The van der Waals surface area contributed by atoms with E-state index in [-0.39, 0.29) is 5.57 Å². The van der Waals surface area contributed by atoms with Gasteiger partial charge in [-0.3, -0.25) is 4.89 Å². The molecule has 0 spiro atoms. The third kappa shape index (κ3) is 4.97. The minimum atomic E-state index is -1.17. The van der Waals surface area contributed by atoms with Crippen molar-refractivity contribution >= 4 is 11.9 Å². The number of unbranched alkanes of at least 4 members (excludes halogenated alkanes) is 1. The average molecular weight is 188 g/mol. The monoisotopic (exact) mass is 188 g/mol. The predicted octanol–water partition coefficient (Wildman–Crippen LogP) is 1.20. The van der Waals surface area contributed by atoms with Crippen molar-refractivity contribution in [2.75, 3.05) is 0 Å². The van der Waals surface area contributed by atoms with Gasteiger partial charge < -0.3 is 5.11 Å². The van der Waals surface area contributed by atoms with E-state index in [0.717, 1.165) is 12.5 Å². The van der Waals surface area contributed by atoms with E-state index in [2.05, 4.69) is 4.89 Å². The number of carbonyl (C=O) groups is 2. The molecule has 0 atom stereocenters. The molecule has 2 N–H and O–H groups in total. The second-order valence-corrected chi connectivity index (χ2v) is 2.49. The topological polar surface area (TPSA) is 83.8 Å². The normalized spacial score (nSPS) is 11.1. The molecule has 5 nitrogen and oxygen atoms in total. The van der Waals surface area contributed by atoms with E-state index in [4.69, 9.17) is 10.4 Å². The first-order chi connectivity index (χ1) is 6.11. The molecule has 0 bridgehead atoms. The Balaban J connectivity index is 4.32. The summed E-state index contributed by atoms with van der Waals surface area (Å²) in [6, 6.07) is 0. The quantitative estimate of drug-likeness (QED) is 0.384. The van der Waals surface area contributed by atoms with Gasteiger partial charge in [0.05, 0.1) is 0 Å². The Kier molecular flexibility index (Phi) is 5.54. The Morgan fingerprint density at radius 1 is 1.46 bits per heavy atom. The Labute approximate surface area is 75.6 Å². The summed E-state index contributed by atoms with van der Waals surface area (Å²) >= 11 is 0. The van der Waals surface area contributed by atoms with Gasteiger partial charge in [0, 0.05) is 11.6 Å². The minimum absolute atomic E-state index is 0.0547. The molecule has 0 rings (SSSR count). The summed E-state index contributed by atoms with van der Waals surface area (Å²) in [5.41, 5.74) is -0.0547. The van der Waals surface area contributed by atoms with Gasteiger partial charge in [-0.05, 0) is 12.8 Å². The van der Waals surface area contributed by atoms with Gasteiger partial charge in [-0.15, -0.1) is 0 Å². The fourth-order valence-electron chi connectivity index (χ4n) is 0.777. The average Bonchev–Trinajstić information content (AvgIpc) is 2.11. The molecule has 0 aromatic rings. The van der Waals surface area contributed by atoms with Crippen LogP contribution in [0, 0.1) is 0 Å². The smallest absolute Gasteiger partial charge is 0.366 e. The Bertz CT molecular complexity index is 219. The van der Waals surface area contributed by atoms with Gasteiger partial charge in [-0.2, -0.15) is 5.26 Å².